The van der Waals surface area contributed by atoms with Gasteiger partial charge in [0.2, 0.25) is 0 Å². The Morgan fingerprint density at radius 1 is 1.29 bits per heavy atom. The standard InChI is InChI=1S/C14H12Cl2N2O3/c1-8-5-9(2)13(11(6-8)18(19)20)21-7-10-3-4-12(15)17-14(10)16/h3-6H,7H2,1-2H3. The third kappa shape index (κ3) is 3.62. The molecule has 21 heavy (non-hydrogen) atoms. The predicted octanol–water partition coefficient (Wildman–Crippen LogP) is 4.49. The molecule has 0 aliphatic rings. The first kappa shape index (κ1) is 15.5. The van der Waals surface area contributed by atoms with Gasteiger partial charge in [-0.15, -0.1) is 0 Å². The Bertz CT molecular complexity index is 705. The largest absolute Gasteiger partial charge is 0.482 e. The van der Waals surface area contributed by atoms with E-state index in [1.165, 1.54) is 6.07 Å². The van der Waals surface area contributed by atoms with Gasteiger partial charge in [-0.25, -0.2) is 4.98 Å². The van der Waals surface area contributed by atoms with Crippen LogP contribution in [0.25, 0.3) is 0 Å². The quantitative estimate of drug-likeness (QED) is 0.471. The second-order valence-electron chi connectivity index (χ2n) is 4.56. The Labute approximate surface area is 131 Å². The number of hydrogen-bond acceptors (Lipinski definition) is 4. The summed E-state index contributed by atoms with van der Waals surface area (Å²) in [7, 11) is 0. The van der Waals surface area contributed by atoms with Crippen LogP contribution in [0.2, 0.25) is 10.3 Å². The van der Waals surface area contributed by atoms with Gasteiger partial charge >= 0.3 is 5.69 Å². The monoisotopic (exact) mass is 326 g/mol. The molecule has 1 heterocycles. The summed E-state index contributed by atoms with van der Waals surface area (Å²) >= 11 is 11.7. The zero-order valence-electron chi connectivity index (χ0n) is 11.4. The van der Waals surface area contributed by atoms with E-state index in [1.807, 2.05) is 6.07 Å². The van der Waals surface area contributed by atoms with Gasteiger partial charge in [-0.2, -0.15) is 0 Å². The van der Waals surface area contributed by atoms with E-state index in [2.05, 4.69) is 4.98 Å². The molecule has 0 fully saturated rings. The van der Waals surface area contributed by atoms with Crippen molar-refractivity contribution in [2.45, 2.75) is 20.5 Å². The van der Waals surface area contributed by atoms with E-state index in [0.717, 1.165) is 5.56 Å². The van der Waals surface area contributed by atoms with Crippen LogP contribution < -0.4 is 4.74 Å². The number of aryl methyl sites for hydroxylation is 2. The second-order valence-corrected chi connectivity index (χ2v) is 5.31. The van der Waals surface area contributed by atoms with Crippen LogP contribution in [0.5, 0.6) is 5.75 Å². The minimum Gasteiger partial charge on any atom is -0.482 e. The lowest BCUT2D eigenvalue weighted by atomic mass is 10.1. The van der Waals surface area contributed by atoms with Crippen molar-refractivity contribution in [2.24, 2.45) is 0 Å². The maximum atomic E-state index is 11.1. The van der Waals surface area contributed by atoms with E-state index < -0.39 is 4.92 Å². The van der Waals surface area contributed by atoms with Crippen LogP contribution in [0.1, 0.15) is 16.7 Å². The van der Waals surface area contributed by atoms with Gasteiger partial charge in [-0.3, -0.25) is 10.1 Å². The summed E-state index contributed by atoms with van der Waals surface area (Å²) < 4.78 is 5.58. The van der Waals surface area contributed by atoms with Crippen LogP contribution in [-0.2, 0) is 6.61 Å². The number of nitrogens with zero attached hydrogens (tertiary/aromatic N) is 2. The molecule has 0 saturated carbocycles. The fraction of sp³-hybridized carbons (Fsp3) is 0.214. The van der Waals surface area contributed by atoms with E-state index in [9.17, 15) is 10.1 Å². The zero-order valence-corrected chi connectivity index (χ0v) is 12.9. The molecule has 1 aromatic carbocycles. The van der Waals surface area contributed by atoms with Crippen LogP contribution >= 0.6 is 23.2 Å². The summed E-state index contributed by atoms with van der Waals surface area (Å²) in [6.45, 7) is 3.63. The first-order chi connectivity index (χ1) is 9.88. The second kappa shape index (κ2) is 6.28. The molecular formula is C14H12Cl2N2O3. The molecule has 0 unspecified atom stereocenters. The Morgan fingerprint density at radius 2 is 2.00 bits per heavy atom. The zero-order chi connectivity index (χ0) is 15.6. The molecule has 0 aliphatic heterocycles. The van der Waals surface area contributed by atoms with Gasteiger partial charge in [0.05, 0.1) is 4.92 Å². The fourth-order valence-electron chi connectivity index (χ4n) is 1.95. The van der Waals surface area contributed by atoms with Gasteiger partial charge in [0.15, 0.2) is 5.75 Å². The Hall–Kier alpha value is -1.85. The van der Waals surface area contributed by atoms with E-state index in [1.54, 1.807) is 26.0 Å². The average molecular weight is 327 g/mol. The first-order valence-electron chi connectivity index (χ1n) is 6.08. The minimum absolute atomic E-state index is 0.0643. The fourth-order valence-corrected chi connectivity index (χ4v) is 2.35. The summed E-state index contributed by atoms with van der Waals surface area (Å²) in [5.41, 5.74) is 2.04. The van der Waals surface area contributed by atoms with Crippen molar-refractivity contribution >= 4 is 28.9 Å². The van der Waals surface area contributed by atoms with Crippen molar-refractivity contribution in [3.63, 3.8) is 0 Å². The molecule has 1 aromatic heterocycles. The number of rotatable bonds is 4. The van der Waals surface area contributed by atoms with Gasteiger partial charge in [-0.05, 0) is 37.1 Å². The highest BCUT2D eigenvalue weighted by atomic mass is 35.5. The SMILES string of the molecule is Cc1cc(C)c(OCc2ccc(Cl)nc2Cl)c([N+](=O)[O-])c1. The van der Waals surface area contributed by atoms with Crippen molar-refractivity contribution in [3.8, 4) is 5.75 Å². The molecule has 0 aliphatic carbocycles. The Balaban J connectivity index is 2.29. The number of ether oxygens (including phenoxy) is 1. The van der Waals surface area contributed by atoms with E-state index in [0.29, 0.717) is 11.1 Å². The predicted molar refractivity (Wildman–Crippen MR) is 81.2 cm³/mol. The van der Waals surface area contributed by atoms with Crippen molar-refractivity contribution < 1.29 is 9.66 Å². The van der Waals surface area contributed by atoms with Gasteiger partial charge in [0.25, 0.3) is 0 Å². The highest BCUT2D eigenvalue weighted by molar-refractivity contribution is 6.32. The summed E-state index contributed by atoms with van der Waals surface area (Å²) in [5, 5.41) is 11.6. The summed E-state index contributed by atoms with van der Waals surface area (Å²) in [6.07, 6.45) is 0. The molecule has 2 rings (SSSR count). The lowest BCUT2D eigenvalue weighted by Crippen LogP contribution is -2.02. The molecule has 7 heteroatoms. The number of benzene rings is 1. The third-order valence-corrected chi connectivity index (χ3v) is 3.40. The van der Waals surface area contributed by atoms with E-state index in [4.69, 9.17) is 27.9 Å². The highest BCUT2D eigenvalue weighted by Crippen LogP contribution is 2.33. The van der Waals surface area contributed by atoms with E-state index in [-0.39, 0.29) is 28.3 Å². The smallest absolute Gasteiger partial charge is 0.311 e. The van der Waals surface area contributed by atoms with Crippen LogP contribution in [-0.4, -0.2) is 9.91 Å². The van der Waals surface area contributed by atoms with Gasteiger partial charge in [0.1, 0.15) is 16.9 Å². The van der Waals surface area contributed by atoms with Crippen LogP contribution in [0.3, 0.4) is 0 Å². The lowest BCUT2D eigenvalue weighted by Gasteiger charge is -2.11. The van der Waals surface area contributed by atoms with Gasteiger partial charge in [0, 0.05) is 11.6 Å². The molecule has 5 nitrogen and oxygen atoms in total. The molecule has 0 radical (unpaired) electrons. The number of nitro benzene ring substituents is 1. The third-order valence-electron chi connectivity index (χ3n) is 2.86. The topological polar surface area (TPSA) is 65.3 Å². The number of aromatic nitrogens is 1. The molecule has 0 saturated heterocycles. The number of nitro groups is 1. The maximum absolute atomic E-state index is 11.1. The Morgan fingerprint density at radius 3 is 2.62 bits per heavy atom. The molecule has 0 N–H and O–H groups in total. The van der Waals surface area contributed by atoms with Crippen LogP contribution in [0.15, 0.2) is 24.3 Å². The van der Waals surface area contributed by atoms with Crippen molar-refractivity contribution in [1.29, 1.82) is 0 Å². The molecular weight excluding hydrogens is 315 g/mol. The summed E-state index contributed by atoms with van der Waals surface area (Å²) in [6, 6.07) is 6.56. The van der Waals surface area contributed by atoms with Crippen molar-refractivity contribution in [1.82, 2.24) is 4.98 Å². The highest BCUT2D eigenvalue weighted by Gasteiger charge is 2.19. The van der Waals surface area contributed by atoms with E-state index >= 15 is 0 Å². The summed E-state index contributed by atoms with van der Waals surface area (Å²) in [4.78, 5) is 14.6. The van der Waals surface area contributed by atoms with Crippen LogP contribution in [0, 0.1) is 24.0 Å². The Kier molecular flexibility index (Phi) is 4.65. The molecule has 2 aromatic rings. The lowest BCUT2D eigenvalue weighted by molar-refractivity contribution is -0.386. The van der Waals surface area contributed by atoms with Crippen molar-refractivity contribution in [3.05, 3.63) is 61.4 Å². The normalized spacial score (nSPS) is 10.5. The number of hydrogen-bond donors (Lipinski definition) is 0. The van der Waals surface area contributed by atoms with Gasteiger partial charge in [-0.1, -0.05) is 29.3 Å². The summed E-state index contributed by atoms with van der Waals surface area (Å²) in [5.74, 6) is 0.233. The first-order valence-corrected chi connectivity index (χ1v) is 6.83. The molecule has 110 valence electrons. The number of halogens is 2. The average Bonchev–Trinajstić information content (AvgIpc) is 2.38. The molecule has 0 atom stereocenters. The van der Waals surface area contributed by atoms with Crippen LogP contribution in [0.4, 0.5) is 5.69 Å². The van der Waals surface area contributed by atoms with Gasteiger partial charge < -0.3 is 4.74 Å². The van der Waals surface area contributed by atoms with Crippen molar-refractivity contribution in [2.75, 3.05) is 0 Å². The minimum atomic E-state index is -0.461. The molecule has 0 spiro atoms. The molecule has 0 bridgehead atoms. The maximum Gasteiger partial charge on any atom is 0.311 e. The molecule has 0 amide bonds. The number of pyridine rings is 1.